The third kappa shape index (κ3) is 4.75. The predicted octanol–water partition coefficient (Wildman–Crippen LogP) is 3.21. The van der Waals surface area contributed by atoms with E-state index in [-0.39, 0.29) is 5.82 Å². The minimum absolute atomic E-state index is 0.118. The van der Waals surface area contributed by atoms with Crippen molar-refractivity contribution in [1.29, 1.82) is 0 Å². The van der Waals surface area contributed by atoms with Crippen LogP contribution in [0.2, 0.25) is 0 Å². The maximum absolute atomic E-state index is 13.6. The fraction of sp³-hybridized carbons (Fsp3) is 0.684. The van der Waals surface area contributed by atoms with Crippen molar-refractivity contribution in [2.75, 3.05) is 39.4 Å². The summed E-state index contributed by atoms with van der Waals surface area (Å²) in [6, 6.07) is 5.81. The first-order chi connectivity index (χ1) is 11.2. The van der Waals surface area contributed by atoms with Crippen molar-refractivity contribution < 1.29 is 9.13 Å². The molecule has 1 atom stereocenters. The smallest absolute Gasteiger partial charge is 0.123 e. The fourth-order valence-electron chi connectivity index (χ4n) is 3.78. The van der Waals surface area contributed by atoms with Gasteiger partial charge in [0.1, 0.15) is 5.82 Å². The largest absolute Gasteiger partial charge is 0.379 e. The van der Waals surface area contributed by atoms with Gasteiger partial charge in [-0.1, -0.05) is 12.5 Å². The molecule has 0 aliphatic carbocycles. The normalized spacial score (nSPS) is 24.0. The van der Waals surface area contributed by atoms with Gasteiger partial charge in [0.05, 0.1) is 13.2 Å². The van der Waals surface area contributed by atoms with Gasteiger partial charge >= 0.3 is 0 Å². The fourth-order valence-corrected chi connectivity index (χ4v) is 3.78. The van der Waals surface area contributed by atoms with E-state index in [1.807, 2.05) is 6.07 Å². The Morgan fingerprint density at radius 1 is 1.17 bits per heavy atom. The van der Waals surface area contributed by atoms with Crippen LogP contribution < -0.4 is 0 Å². The van der Waals surface area contributed by atoms with E-state index in [2.05, 4.69) is 16.7 Å². The highest BCUT2D eigenvalue weighted by Crippen LogP contribution is 2.24. The van der Waals surface area contributed by atoms with Gasteiger partial charge in [0.15, 0.2) is 0 Å². The van der Waals surface area contributed by atoms with Crippen LogP contribution >= 0.6 is 0 Å². The van der Waals surface area contributed by atoms with Gasteiger partial charge in [-0.15, -0.1) is 0 Å². The predicted molar refractivity (Wildman–Crippen MR) is 91.1 cm³/mol. The van der Waals surface area contributed by atoms with Crippen LogP contribution in [0.25, 0.3) is 0 Å². The number of morpholine rings is 1. The molecule has 2 fully saturated rings. The molecule has 128 valence electrons. The highest BCUT2D eigenvalue weighted by molar-refractivity contribution is 5.26. The standard InChI is InChI=1S/C19H29FN2O/c1-16-5-6-18(20)14-17(16)15-22-8-3-2-4-19(22)7-9-21-10-12-23-13-11-21/h5-6,14,19H,2-4,7-13,15H2,1H3. The zero-order valence-electron chi connectivity index (χ0n) is 14.3. The van der Waals surface area contributed by atoms with Crippen molar-refractivity contribution in [1.82, 2.24) is 9.80 Å². The summed E-state index contributed by atoms with van der Waals surface area (Å²) in [5.41, 5.74) is 2.34. The van der Waals surface area contributed by atoms with Gasteiger partial charge in [0.2, 0.25) is 0 Å². The van der Waals surface area contributed by atoms with Crippen molar-refractivity contribution >= 4 is 0 Å². The molecular weight excluding hydrogens is 291 g/mol. The van der Waals surface area contributed by atoms with Crippen molar-refractivity contribution in [2.45, 2.75) is 45.2 Å². The number of hydrogen-bond acceptors (Lipinski definition) is 3. The third-order valence-electron chi connectivity index (χ3n) is 5.32. The quantitative estimate of drug-likeness (QED) is 0.828. The van der Waals surface area contributed by atoms with E-state index in [1.165, 1.54) is 31.2 Å². The van der Waals surface area contributed by atoms with E-state index >= 15 is 0 Å². The van der Waals surface area contributed by atoms with Crippen molar-refractivity contribution in [3.05, 3.63) is 35.1 Å². The van der Waals surface area contributed by atoms with Crippen molar-refractivity contribution in [3.63, 3.8) is 0 Å². The second kappa shape index (κ2) is 8.22. The van der Waals surface area contributed by atoms with Gasteiger partial charge in [0, 0.05) is 25.7 Å². The van der Waals surface area contributed by atoms with E-state index in [9.17, 15) is 4.39 Å². The molecule has 2 aliphatic rings. The summed E-state index contributed by atoms with van der Waals surface area (Å²) in [6.45, 7) is 9.15. The lowest BCUT2D eigenvalue weighted by atomic mass is 9.97. The zero-order valence-corrected chi connectivity index (χ0v) is 14.3. The first-order valence-electron chi connectivity index (χ1n) is 9.01. The van der Waals surface area contributed by atoms with Crippen LogP contribution in [0, 0.1) is 12.7 Å². The molecule has 3 nitrogen and oxygen atoms in total. The summed E-state index contributed by atoms with van der Waals surface area (Å²) in [4.78, 5) is 5.09. The van der Waals surface area contributed by atoms with Gasteiger partial charge in [0.25, 0.3) is 0 Å². The number of likely N-dealkylation sites (tertiary alicyclic amines) is 1. The molecule has 0 spiro atoms. The number of piperidine rings is 1. The molecule has 0 radical (unpaired) electrons. The summed E-state index contributed by atoms with van der Waals surface area (Å²) in [5.74, 6) is -0.118. The average Bonchev–Trinajstić information content (AvgIpc) is 2.58. The number of ether oxygens (including phenoxy) is 1. The Bertz CT molecular complexity index is 502. The molecule has 0 aromatic heterocycles. The zero-order chi connectivity index (χ0) is 16.1. The van der Waals surface area contributed by atoms with Crippen LogP contribution in [0.5, 0.6) is 0 Å². The molecule has 0 saturated carbocycles. The van der Waals surface area contributed by atoms with E-state index in [0.717, 1.165) is 51.5 Å². The van der Waals surface area contributed by atoms with Crippen molar-refractivity contribution in [2.24, 2.45) is 0 Å². The molecule has 0 bridgehead atoms. The number of nitrogens with zero attached hydrogens (tertiary/aromatic N) is 2. The lowest BCUT2D eigenvalue weighted by Crippen LogP contribution is -2.43. The maximum atomic E-state index is 13.6. The molecule has 23 heavy (non-hydrogen) atoms. The molecule has 0 amide bonds. The molecule has 3 rings (SSSR count). The highest BCUT2D eigenvalue weighted by Gasteiger charge is 2.24. The van der Waals surface area contributed by atoms with Gasteiger partial charge < -0.3 is 4.74 Å². The Balaban J connectivity index is 1.58. The Labute approximate surface area is 139 Å². The summed E-state index contributed by atoms with van der Waals surface area (Å²) < 4.78 is 19.0. The van der Waals surface area contributed by atoms with Crippen molar-refractivity contribution in [3.8, 4) is 0 Å². The first kappa shape index (κ1) is 16.9. The number of rotatable bonds is 5. The molecule has 0 N–H and O–H groups in total. The van der Waals surface area contributed by atoms with Crippen LogP contribution in [0.15, 0.2) is 18.2 Å². The highest BCUT2D eigenvalue weighted by atomic mass is 19.1. The lowest BCUT2D eigenvalue weighted by molar-refractivity contribution is 0.0302. The summed E-state index contributed by atoms with van der Waals surface area (Å²) in [5, 5.41) is 0. The van der Waals surface area contributed by atoms with Gasteiger partial charge in [-0.05, 0) is 62.5 Å². The Hall–Kier alpha value is -0.970. The van der Waals surface area contributed by atoms with E-state index in [0.29, 0.717) is 6.04 Å². The Kier molecular flexibility index (Phi) is 6.03. The summed E-state index contributed by atoms with van der Waals surface area (Å²) in [7, 11) is 0. The van der Waals surface area contributed by atoms with E-state index in [1.54, 1.807) is 12.1 Å². The lowest BCUT2D eigenvalue weighted by Gasteiger charge is -2.37. The van der Waals surface area contributed by atoms with Crippen LogP contribution in [-0.4, -0.2) is 55.2 Å². The van der Waals surface area contributed by atoms with Gasteiger partial charge in [-0.3, -0.25) is 9.80 Å². The van der Waals surface area contributed by atoms with Gasteiger partial charge in [-0.25, -0.2) is 4.39 Å². The minimum Gasteiger partial charge on any atom is -0.379 e. The molecule has 2 saturated heterocycles. The Morgan fingerprint density at radius 2 is 2.00 bits per heavy atom. The molecule has 4 heteroatoms. The average molecular weight is 320 g/mol. The van der Waals surface area contributed by atoms with Crippen LogP contribution in [0.1, 0.15) is 36.8 Å². The second-order valence-corrected chi connectivity index (χ2v) is 6.93. The monoisotopic (exact) mass is 320 g/mol. The summed E-state index contributed by atoms with van der Waals surface area (Å²) in [6.07, 6.45) is 5.09. The third-order valence-corrected chi connectivity index (χ3v) is 5.32. The Morgan fingerprint density at radius 3 is 2.83 bits per heavy atom. The second-order valence-electron chi connectivity index (χ2n) is 6.93. The van der Waals surface area contributed by atoms with E-state index in [4.69, 9.17) is 4.74 Å². The minimum atomic E-state index is -0.118. The molecule has 1 aromatic carbocycles. The number of hydrogen-bond donors (Lipinski definition) is 0. The van der Waals surface area contributed by atoms with Crippen LogP contribution in [0.4, 0.5) is 4.39 Å². The number of halogens is 1. The molecule has 1 unspecified atom stereocenters. The van der Waals surface area contributed by atoms with E-state index < -0.39 is 0 Å². The van der Waals surface area contributed by atoms with Crippen LogP contribution in [0.3, 0.4) is 0 Å². The molecule has 2 heterocycles. The SMILES string of the molecule is Cc1ccc(F)cc1CN1CCCCC1CCN1CCOCC1. The van der Waals surface area contributed by atoms with Gasteiger partial charge in [-0.2, -0.15) is 0 Å². The number of aryl methyl sites for hydroxylation is 1. The van der Waals surface area contributed by atoms with Crippen LogP contribution in [-0.2, 0) is 11.3 Å². The summed E-state index contributed by atoms with van der Waals surface area (Å²) >= 11 is 0. The number of benzene rings is 1. The topological polar surface area (TPSA) is 15.7 Å². The maximum Gasteiger partial charge on any atom is 0.123 e. The molecular formula is C19H29FN2O. The molecule has 1 aromatic rings. The molecule has 2 aliphatic heterocycles. The first-order valence-corrected chi connectivity index (χ1v) is 9.01.